The van der Waals surface area contributed by atoms with Crippen molar-refractivity contribution in [3.8, 4) is 5.88 Å². The van der Waals surface area contributed by atoms with E-state index in [-0.39, 0.29) is 11.6 Å². The van der Waals surface area contributed by atoms with Gasteiger partial charge in [-0.15, -0.1) is 10.2 Å². The molecule has 3 N–H and O–H groups in total. The summed E-state index contributed by atoms with van der Waals surface area (Å²) in [7, 11) is 0. The van der Waals surface area contributed by atoms with E-state index in [2.05, 4.69) is 31.1 Å². The van der Waals surface area contributed by atoms with E-state index in [9.17, 15) is 15.0 Å². The highest BCUT2D eigenvalue weighted by molar-refractivity contribution is 9.10. The Labute approximate surface area is 155 Å². The molecule has 0 saturated heterocycles. The van der Waals surface area contributed by atoms with Crippen LogP contribution in [0.1, 0.15) is 52.4 Å². The van der Waals surface area contributed by atoms with E-state index in [1.165, 1.54) is 0 Å². The summed E-state index contributed by atoms with van der Waals surface area (Å²) < 4.78 is 0.823. The van der Waals surface area contributed by atoms with E-state index in [0.29, 0.717) is 23.7 Å². The highest BCUT2D eigenvalue weighted by atomic mass is 79.9. The molecule has 1 aromatic heterocycles. The Morgan fingerprint density at radius 1 is 1.24 bits per heavy atom. The van der Waals surface area contributed by atoms with Crippen molar-refractivity contribution in [2.45, 2.75) is 58.0 Å². The molecule has 6 nitrogen and oxygen atoms in total. The summed E-state index contributed by atoms with van der Waals surface area (Å²) in [4.78, 5) is 15.3. The van der Waals surface area contributed by atoms with Crippen molar-refractivity contribution in [1.29, 1.82) is 0 Å². The van der Waals surface area contributed by atoms with E-state index in [0.717, 1.165) is 30.2 Å². The average molecular weight is 410 g/mol. The second-order valence-corrected chi connectivity index (χ2v) is 7.17. The van der Waals surface area contributed by atoms with Crippen molar-refractivity contribution in [3.05, 3.63) is 22.7 Å². The van der Waals surface area contributed by atoms with Gasteiger partial charge in [0, 0.05) is 9.86 Å². The standard InChI is InChI=1S/C18H24BrN3O3/c1-3-5-9-18(25,10-6-4-2)17(24)22-21-15-13-11-12(19)7-8-14(13)20-16(15)23/h7-8,11,20,23,25H,3-6,9-10H2,1-2H3. The van der Waals surface area contributed by atoms with Crippen LogP contribution in [0.2, 0.25) is 0 Å². The number of aliphatic hydroxyl groups is 1. The molecule has 25 heavy (non-hydrogen) atoms. The van der Waals surface area contributed by atoms with Crippen LogP contribution in [0.4, 0.5) is 5.69 Å². The van der Waals surface area contributed by atoms with Crippen molar-refractivity contribution < 1.29 is 15.0 Å². The van der Waals surface area contributed by atoms with Gasteiger partial charge in [-0.3, -0.25) is 4.79 Å². The number of fused-ring (bicyclic) bond motifs is 1. The average Bonchev–Trinajstić information content (AvgIpc) is 2.90. The number of hydrogen-bond acceptors (Lipinski definition) is 4. The first-order chi connectivity index (χ1) is 11.9. The first-order valence-electron chi connectivity index (χ1n) is 8.60. The monoisotopic (exact) mass is 409 g/mol. The van der Waals surface area contributed by atoms with E-state index >= 15 is 0 Å². The normalized spacial score (nSPS) is 12.3. The largest absolute Gasteiger partial charge is 0.493 e. The van der Waals surface area contributed by atoms with Gasteiger partial charge in [-0.2, -0.15) is 0 Å². The number of carbonyl (C=O) groups is 1. The lowest BCUT2D eigenvalue weighted by Crippen LogP contribution is -2.37. The van der Waals surface area contributed by atoms with Crippen LogP contribution in [-0.2, 0) is 4.79 Å². The maximum Gasteiger partial charge on any atom is 0.296 e. The number of unbranched alkanes of at least 4 members (excludes halogenated alkanes) is 2. The van der Waals surface area contributed by atoms with E-state index in [4.69, 9.17) is 0 Å². The second-order valence-electron chi connectivity index (χ2n) is 6.26. The molecule has 0 spiro atoms. The number of benzene rings is 1. The number of amides is 1. The number of H-pyrrole nitrogens is 1. The zero-order chi connectivity index (χ0) is 18.4. The fourth-order valence-corrected chi connectivity index (χ4v) is 3.06. The summed E-state index contributed by atoms with van der Waals surface area (Å²) >= 11 is 3.37. The molecule has 136 valence electrons. The zero-order valence-electron chi connectivity index (χ0n) is 14.5. The van der Waals surface area contributed by atoms with Crippen LogP contribution in [0, 0.1) is 0 Å². The minimum atomic E-state index is -1.49. The Kier molecular flexibility index (Phi) is 6.72. The first-order valence-corrected chi connectivity index (χ1v) is 9.39. The maximum atomic E-state index is 12.5. The minimum Gasteiger partial charge on any atom is -0.493 e. The van der Waals surface area contributed by atoms with Gasteiger partial charge in [0.25, 0.3) is 5.91 Å². The molecular weight excluding hydrogens is 386 g/mol. The number of rotatable bonds is 8. The summed E-state index contributed by atoms with van der Waals surface area (Å²) in [5.41, 5.74) is -0.606. The van der Waals surface area contributed by atoms with E-state index in [1.54, 1.807) is 12.1 Å². The predicted molar refractivity (Wildman–Crippen MR) is 101 cm³/mol. The Balaban J connectivity index is 2.28. The molecule has 7 heteroatoms. The lowest BCUT2D eigenvalue weighted by molar-refractivity contribution is -0.138. The highest BCUT2D eigenvalue weighted by Gasteiger charge is 2.34. The van der Waals surface area contributed by atoms with Gasteiger partial charge in [0.15, 0.2) is 5.69 Å². The molecule has 0 aliphatic rings. The molecule has 2 rings (SSSR count). The fourth-order valence-electron chi connectivity index (χ4n) is 2.70. The number of azo groups is 1. The summed E-state index contributed by atoms with van der Waals surface area (Å²) in [5.74, 6) is -0.812. The van der Waals surface area contributed by atoms with Gasteiger partial charge in [-0.1, -0.05) is 55.5 Å². The summed E-state index contributed by atoms with van der Waals surface area (Å²) in [5, 5.41) is 29.0. The lowest BCUT2D eigenvalue weighted by atomic mass is 9.90. The molecule has 2 aromatic rings. The van der Waals surface area contributed by atoms with Gasteiger partial charge in [-0.05, 0) is 31.0 Å². The van der Waals surface area contributed by atoms with E-state index in [1.807, 2.05) is 19.9 Å². The van der Waals surface area contributed by atoms with Crippen LogP contribution in [-0.4, -0.2) is 26.7 Å². The van der Waals surface area contributed by atoms with Crippen LogP contribution in [0.25, 0.3) is 10.9 Å². The molecule has 1 aromatic carbocycles. The number of nitrogens with zero attached hydrogens (tertiary/aromatic N) is 2. The summed E-state index contributed by atoms with van der Waals surface area (Å²) in [6, 6.07) is 5.40. The molecule has 0 bridgehead atoms. The Bertz CT molecular complexity index is 762. The van der Waals surface area contributed by atoms with Gasteiger partial charge in [-0.25, -0.2) is 0 Å². The lowest BCUT2D eigenvalue weighted by Gasteiger charge is -2.23. The predicted octanol–water partition coefficient (Wildman–Crippen LogP) is 5.36. The highest BCUT2D eigenvalue weighted by Crippen LogP contribution is 2.37. The molecule has 0 fully saturated rings. The SMILES string of the molecule is CCCCC(O)(CCCC)C(=O)N=Nc1c(O)[nH]c2ccc(Br)cc12. The second kappa shape index (κ2) is 8.58. The van der Waals surface area contributed by atoms with Gasteiger partial charge in [0.1, 0.15) is 5.60 Å². The van der Waals surface area contributed by atoms with Crippen LogP contribution >= 0.6 is 15.9 Å². The number of aromatic nitrogens is 1. The van der Waals surface area contributed by atoms with Crippen molar-refractivity contribution >= 4 is 38.4 Å². The third-order valence-corrected chi connectivity index (χ3v) is 4.73. The maximum absolute atomic E-state index is 12.5. The van der Waals surface area contributed by atoms with Crippen molar-refractivity contribution in [2.75, 3.05) is 0 Å². The van der Waals surface area contributed by atoms with Gasteiger partial charge in [0.2, 0.25) is 5.88 Å². The molecule has 0 unspecified atom stereocenters. The molecule has 0 aliphatic heterocycles. The zero-order valence-corrected chi connectivity index (χ0v) is 16.1. The van der Waals surface area contributed by atoms with Gasteiger partial charge < -0.3 is 15.2 Å². The van der Waals surface area contributed by atoms with Crippen LogP contribution in [0.3, 0.4) is 0 Å². The molecule has 1 amide bonds. The van der Waals surface area contributed by atoms with Crippen LogP contribution in [0.15, 0.2) is 32.9 Å². The number of halogens is 1. The number of hydrogen-bond donors (Lipinski definition) is 3. The molecule has 1 heterocycles. The third kappa shape index (κ3) is 4.67. The van der Waals surface area contributed by atoms with Gasteiger partial charge >= 0.3 is 0 Å². The first kappa shape index (κ1) is 19.6. The van der Waals surface area contributed by atoms with E-state index < -0.39 is 11.5 Å². The smallest absolute Gasteiger partial charge is 0.296 e. The third-order valence-electron chi connectivity index (χ3n) is 4.24. The van der Waals surface area contributed by atoms with Crippen LogP contribution < -0.4 is 0 Å². The summed E-state index contributed by atoms with van der Waals surface area (Å²) in [6.45, 7) is 4.02. The number of aromatic hydroxyl groups is 1. The van der Waals surface area contributed by atoms with Crippen LogP contribution in [0.5, 0.6) is 5.88 Å². The summed E-state index contributed by atoms with van der Waals surface area (Å²) in [6.07, 6.45) is 3.99. The van der Waals surface area contributed by atoms with Crippen molar-refractivity contribution in [3.63, 3.8) is 0 Å². The minimum absolute atomic E-state index is 0.157. The topological polar surface area (TPSA) is 98.0 Å². The fraction of sp³-hybridized carbons (Fsp3) is 0.500. The number of carbonyl (C=O) groups excluding carboxylic acids is 1. The molecule has 0 radical (unpaired) electrons. The quantitative estimate of drug-likeness (QED) is 0.511. The Hall–Kier alpha value is -1.73. The molecular formula is C18H24BrN3O3. The molecule has 0 atom stereocenters. The molecule has 0 saturated carbocycles. The Morgan fingerprint density at radius 3 is 2.48 bits per heavy atom. The number of nitrogens with one attached hydrogen (secondary N) is 1. The Morgan fingerprint density at radius 2 is 1.88 bits per heavy atom. The molecule has 0 aliphatic carbocycles. The van der Waals surface area contributed by atoms with Crippen molar-refractivity contribution in [2.24, 2.45) is 10.2 Å². The van der Waals surface area contributed by atoms with Gasteiger partial charge in [0.05, 0.1) is 5.52 Å². The van der Waals surface area contributed by atoms with Crippen molar-refractivity contribution in [1.82, 2.24) is 4.98 Å². The number of aromatic amines is 1.